The van der Waals surface area contributed by atoms with Crippen molar-refractivity contribution in [1.29, 1.82) is 0 Å². The first-order valence-electron chi connectivity index (χ1n) is 5.95. The number of imidazole rings is 1. The third kappa shape index (κ3) is 1.82. The van der Waals surface area contributed by atoms with Crippen LogP contribution in [0.25, 0.3) is 10.7 Å². The zero-order valence-electron chi connectivity index (χ0n) is 9.96. The molecule has 0 aromatic carbocycles. The van der Waals surface area contributed by atoms with E-state index in [2.05, 4.69) is 9.97 Å². The summed E-state index contributed by atoms with van der Waals surface area (Å²) in [5.74, 6) is -0.526. The molecule has 94 valence electrons. The Balaban J connectivity index is 2.08. The highest BCUT2D eigenvalue weighted by molar-refractivity contribution is 7.17. The number of hydrogen-bond acceptors (Lipinski definition) is 4. The maximum Gasteiger partial charge on any atom is 0.347 e. The van der Waals surface area contributed by atoms with Crippen LogP contribution < -0.4 is 0 Å². The molecule has 0 unspecified atom stereocenters. The minimum atomic E-state index is -0.872. The van der Waals surface area contributed by atoms with Gasteiger partial charge in [-0.05, 0) is 19.8 Å². The Morgan fingerprint density at radius 1 is 1.61 bits per heavy atom. The minimum Gasteiger partial charge on any atom is -0.477 e. The number of hydrogen-bond donors (Lipinski definition) is 1. The van der Waals surface area contributed by atoms with Crippen molar-refractivity contribution < 1.29 is 9.90 Å². The highest BCUT2D eigenvalue weighted by atomic mass is 32.1. The standard InChI is InChI=1S/C12H13N3O2S/c1-2-15-6-13-5-8(15)11-14-9(7-3-4-7)10(18-11)12(16)17/h5-7H,2-4H2,1H3,(H,16,17). The van der Waals surface area contributed by atoms with E-state index in [-0.39, 0.29) is 0 Å². The van der Waals surface area contributed by atoms with Gasteiger partial charge in [0.2, 0.25) is 0 Å². The van der Waals surface area contributed by atoms with Gasteiger partial charge in [0.15, 0.2) is 0 Å². The van der Waals surface area contributed by atoms with Crippen LogP contribution in [0.4, 0.5) is 0 Å². The van der Waals surface area contributed by atoms with E-state index < -0.39 is 5.97 Å². The van der Waals surface area contributed by atoms with Gasteiger partial charge in [-0.15, -0.1) is 11.3 Å². The third-order valence-electron chi connectivity index (χ3n) is 3.08. The van der Waals surface area contributed by atoms with Crippen LogP contribution in [0.3, 0.4) is 0 Å². The zero-order chi connectivity index (χ0) is 12.7. The first-order valence-corrected chi connectivity index (χ1v) is 6.77. The quantitative estimate of drug-likeness (QED) is 0.920. The zero-order valence-corrected chi connectivity index (χ0v) is 10.8. The lowest BCUT2D eigenvalue weighted by molar-refractivity contribution is 0.0700. The largest absolute Gasteiger partial charge is 0.477 e. The lowest BCUT2D eigenvalue weighted by Gasteiger charge is -2.00. The minimum absolute atomic E-state index is 0.346. The number of thiazole rings is 1. The van der Waals surface area contributed by atoms with Gasteiger partial charge < -0.3 is 9.67 Å². The Kier molecular flexibility index (Phi) is 2.66. The van der Waals surface area contributed by atoms with Crippen molar-refractivity contribution in [3.63, 3.8) is 0 Å². The van der Waals surface area contributed by atoms with Gasteiger partial charge in [-0.2, -0.15) is 0 Å². The molecule has 6 heteroatoms. The first-order chi connectivity index (χ1) is 8.70. The first kappa shape index (κ1) is 11.4. The number of carbonyl (C=O) groups is 1. The average molecular weight is 263 g/mol. The van der Waals surface area contributed by atoms with Crippen LogP contribution in [0.15, 0.2) is 12.5 Å². The predicted molar refractivity (Wildman–Crippen MR) is 67.9 cm³/mol. The molecule has 0 aliphatic heterocycles. The van der Waals surface area contributed by atoms with Crippen molar-refractivity contribution in [2.75, 3.05) is 0 Å². The molecule has 2 aromatic heterocycles. The van der Waals surface area contributed by atoms with E-state index in [0.717, 1.165) is 35.8 Å². The summed E-state index contributed by atoms with van der Waals surface area (Å²) in [5.41, 5.74) is 1.66. The van der Waals surface area contributed by atoms with E-state index in [1.165, 1.54) is 11.3 Å². The molecule has 18 heavy (non-hydrogen) atoms. The Bertz CT molecular complexity index is 598. The summed E-state index contributed by atoms with van der Waals surface area (Å²) in [4.78, 5) is 20.2. The van der Waals surface area contributed by atoms with E-state index in [9.17, 15) is 9.90 Å². The summed E-state index contributed by atoms with van der Waals surface area (Å²) in [6, 6.07) is 0. The second kappa shape index (κ2) is 4.20. The summed E-state index contributed by atoms with van der Waals surface area (Å²) < 4.78 is 1.97. The van der Waals surface area contributed by atoms with E-state index >= 15 is 0 Å². The van der Waals surface area contributed by atoms with Crippen molar-refractivity contribution >= 4 is 17.3 Å². The van der Waals surface area contributed by atoms with Crippen molar-refractivity contribution in [2.24, 2.45) is 0 Å². The van der Waals surface area contributed by atoms with Gasteiger partial charge in [-0.25, -0.2) is 14.8 Å². The molecule has 0 amide bonds. The molecule has 0 radical (unpaired) electrons. The van der Waals surface area contributed by atoms with E-state index in [0.29, 0.717) is 10.8 Å². The van der Waals surface area contributed by atoms with Crippen LogP contribution in [-0.2, 0) is 6.54 Å². The van der Waals surface area contributed by atoms with Crippen LogP contribution in [0.1, 0.15) is 41.0 Å². The molecular formula is C12H13N3O2S. The van der Waals surface area contributed by atoms with Crippen LogP contribution >= 0.6 is 11.3 Å². The maximum atomic E-state index is 11.2. The van der Waals surface area contributed by atoms with Crippen LogP contribution in [0.2, 0.25) is 0 Å². The predicted octanol–water partition coefficient (Wildman–Crippen LogP) is 2.60. The molecule has 1 N–H and O–H groups in total. The summed E-state index contributed by atoms with van der Waals surface area (Å²) in [6.07, 6.45) is 5.59. The number of aryl methyl sites for hydroxylation is 1. The van der Waals surface area contributed by atoms with Gasteiger partial charge >= 0.3 is 5.97 Å². The van der Waals surface area contributed by atoms with Gasteiger partial charge in [-0.1, -0.05) is 0 Å². The lowest BCUT2D eigenvalue weighted by atomic mass is 10.2. The lowest BCUT2D eigenvalue weighted by Crippen LogP contribution is -1.97. The number of nitrogens with zero attached hydrogens (tertiary/aromatic N) is 3. The second-order valence-corrected chi connectivity index (χ2v) is 5.38. The summed E-state index contributed by atoms with van der Waals surface area (Å²) in [6.45, 7) is 2.83. The fraction of sp³-hybridized carbons (Fsp3) is 0.417. The normalized spacial score (nSPS) is 14.9. The molecule has 1 saturated carbocycles. The Morgan fingerprint density at radius 2 is 2.39 bits per heavy atom. The van der Waals surface area contributed by atoms with E-state index in [4.69, 9.17) is 0 Å². The molecule has 2 aromatic rings. The van der Waals surface area contributed by atoms with Gasteiger partial charge in [0.1, 0.15) is 9.88 Å². The number of aromatic nitrogens is 3. The molecule has 5 nitrogen and oxygen atoms in total. The molecule has 0 saturated heterocycles. The van der Waals surface area contributed by atoms with Gasteiger partial charge in [0.05, 0.1) is 23.9 Å². The summed E-state index contributed by atoms with van der Waals surface area (Å²) >= 11 is 1.25. The molecule has 0 spiro atoms. The van der Waals surface area contributed by atoms with Crippen LogP contribution in [0.5, 0.6) is 0 Å². The maximum absolute atomic E-state index is 11.2. The highest BCUT2D eigenvalue weighted by Crippen LogP contribution is 2.44. The Labute approximate surface area is 108 Å². The van der Waals surface area contributed by atoms with Crippen molar-refractivity contribution in [2.45, 2.75) is 32.2 Å². The Hall–Kier alpha value is -1.69. The number of rotatable bonds is 4. The van der Waals surface area contributed by atoms with Crippen molar-refractivity contribution in [3.8, 4) is 10.7 Å². The number of carboxylic acids is 1. The van der Waals surface area contributed by atoms with Crippen LogP contribution in [-0.4, -0.2) is 25.6 Å². The van der Waals surface area contributed by atoms with Crippen LogP contribution in [0, 0.1) is 0 Å². The summed E-state index contributed by atoms with van der Waals surface area (Å²) in [7, 11) is 0. The number of carboxylic acid groups (broad SMARTS) is 1. The highest BCUT2D eigenvalue weighted by Gasteiger charge is 2.32. The smallest absolute Gasteiger partial charge is 0.347 e. The summed E-state index contributed by atoms with van der Waals surface area (Å²) in [5, 5.41) is 9.99. The van der Waals surface area contributed by atoms with Gasteiger partial charge in [0.25, 0.3) is 0 Å². The fourth-order valence-electron chi connectivity index (χ4n) is 1.98. The Morgan fingerprint density at radius 3 is 3.00 bits per heavy atom. The van der Waals surface area contributed by atoms with Gasteiger partial charge in [-0.3, -0.25) is 0 Å². The van der Waals surface area contributed by atoms with Crippen molar-refractivity contribution in [1.82, 2.24) is 14.5 Å². The monoisotopic (exact) mass is 263 g/mol. The molecule has 0 bridgehead atoms. The number of aromatic carboxylic acids is 1. The molecular weight excluding hydrogens is 250 g/mol. The topological polar surface area (TPSA) is 68.0 Å². The molecule has 1 fully saturated rings. The molecule has 3 rings (SSSR count). The second-order valence-electron chi connectivity index (χ2n) is 4.38. The molecule has 0 atom stereocenters. The SMILES string of the molecule is CCn1cncc1-c1nc(C2CC2)c(C(=O)O)s1. The van der Waals surface area contributed by atoms with E-state index in [1.807, 2.05) is 11.5 Å². The fourth-order valence-corrected chi connectivity index (χ4v) is 3.00. The van der Waals surface area contributed by atoms with Gasteiger partial charge in [0, 0.05) is 12.5 Å². The van der Waals surface area contributed by atoms with Crippen molar-refractivity contribution in [3.05, 3.63) is 23.1 Å². The third-order valence-corrected chi connectivity index (χ3v) is 4.17. The molecule has 1 aliphatic carbocycles. The van der Waals surface area contributed by atoms with E-state index in [1.54, 1.807) is 12.5 Å². The molecule has 1 aliphatic rings. The average Bonchev–Trinajstić information content (AvgIpc) is 2.94. The molecule has 2 heterocycles.